The summed E-state index contributed by atoms with van der Waals surface area (Å²) in [5.74, 6) is 0.517. The SMILES string of the molecule is CN(CC(F)F)c1ccc(C(=O)NC2CCC(Nc3cccc4nc(C(F)F)cn34)CC2)cc1. The van der Waals surface area contributed by atoms with Crippen molar-refractivity contribution in [3.05, 3.63) is 59.9 Å². The third-order valence-corrected chi connectivity index (χ3v) is 6.13. The van der Waals surface area contributed by atoms with Gasteiger partial charge in [0.15, 0.2) is 0 Å². The van der Waals surface area contributed by atoms with Crippen LogP contribution in [0.5, 0.6) is 0 Å². The Morgan fingerprint density at radius 2 is 1.74 bits per heavy atom. The number of fused-ring (bicyclic) bond motifs is 1. The number of anilines is 2. The first-order valence-corrected chi connectivity index (χ1v) is 11.2. The van der Waals surface area contributed by atoms with E-state index in [0.29, 0.717) is 22.7 Å². The summed E-state index contributed by atoms with van der Waals surface area (Å²) in [5.41, 5.74) is 1.31. The molecule has 2 N–H and O–H groups in total. The van der Waals surface area contributed by atoms with Crippen LogP contribution in [0.3, 0.4) is 0 Å². The second-order valence-electron chi connectivity index (χ2n) is 8.59. The number of aromatic nitrogens is 2. The molecule has 1 saturated carbocycles. The lowest BCUT2D eigenvalue weighted by Gasteiger charge is -2.30. The number of halogens is 4. The molecule has 1 aromatic carbocycles. The molecule has 0 aliphatic heterocycles. The molecule has 10 heteroatoms. The monoisotopic (exact) mass is 477 g/mol. The minimum atomic E-state index is -2.62. The van der Waals surface area contributed by atoms with Crippen molar-refractivity contribution in [3.8, 4) is 0 Å². The van der Waals surface area contributed by atoms with E-state index in [0.717, 1.165) is 25.7 Å². The van der Waals surface area contributed by atoms with Crippen molar-refractivity contribution in [3.63, 3.8) is 0 Å². The Morgan fingerprint density at radius 1 is 1.06 bits per heavy atom. The first-order valence-electron chi connectivity index (χ1n) is 11.2. The Balaban J connectivity index is 1.30. The van der Waals surface area contributed by atoms with Crippen molar-refractivity contribution in [1.82, 2.24) is 14.7 Å². The Bertz CT molecular complexity index is 1110. The molecule has 182 valence electrons. The molecule has 2 heterocycles. The zero-order valence-electron chi connectivity index (χ0n) is 18.7. The normalized spacial score (nSPS) is 18.4. The topological polar surface area (TPSA) is 61.7 Å². The lowest BCUT2D eigenvalue weighted by Crippen LogP contribution is -2.40. The van der Waals surface area contributed by atoms with Gasteiger partial charge in [0.25, 0.3) is 18.8 Å². The minimum absolute atomic E-state index is 0.0289. The first-order chi connectivity index (χ1) is 16.3. The molecule has 0 bridgehead atoms. The molecule has 1 aliphatic carbocycles. The van der Waals surface area contributed by atoms with E-state index in [4.69, 9.17) is 0 Å². The number of nitrogens with zero attached hydrogens (tertiary/aromatic N) is 3. The van der Waals surface area contributed by atoms with Crippen molar-refractivity contribution >= 4 is 23.1 Å². The molecule has 1 amide bonds. The number of carbonyl (C=O) groups is 1. The van der Waals surface area contributed by atoms with Crippen molar-refractivity contribution < 1.29 is 22.4 Å². The van der Waals surface area contributed by atoms with E-state index in [1.165, 1.54) is 11.1 Å². The summed E-state index contributed by atoms with van der Waals surface area (Å²) in [6, 6.07) is 12.1. The molecule has 1 aliphatic rings. The van der Waals surface area contributed by atoms with Crippen LogP contribution < -0.4 is 15.5 Å². The number of benzene rings is 1. The fraction of sp³-hybridized carbons (Fsp3) is 0.417. The number of amides is 1. The summed E-state index contributed by atoms with van der Waals surface area (Å²) in [7, 11) is 1.58. The summed E-state index contributed by atoms with van der Waals surface area (Å²) >= 11 is 0. The van der Waals surface area contributed by atoms with Crippen molar-refractivity contribution in [1.29, 1.82) is 0 Å². The van der Waals surface area contributed by atoms with Gasteiger partial charge in [0.05, 0.1) is 6.54 Å². The van der Waals surface area contributed by atoms with Crippen LogP contribution >= 0.6 is 0 Å². The maximum atomic E-state index is 13.0. The van der Waals surface area contributed by atoms with Crippen LogP contribution in [-0.2, 0) is 0 Å². The number of hydrogen-bond acceptors (Lipinski definition) is 4. The Labute approximate surface area is 195 Å². The molecule has 0 unspecified atom stereocenters. The molecule has 2 aromatic heterocycles. The number of carbonyl (C=O) groups excluding carboxylic acids is 1. The minimum Gasteiger partial charge on any atom is -0.369 e. The van der Waals surface area contributed by atoms with Crippen molar-refractivity contribution in [2.24, 2.45) is 0 Å². The van der Waals surface area contributed by atoms with Gasteiger partial charge in [0.1, 0.15) is 17.2 Å². The fourth-order valence-corrected chi connectivity index (χ4v) is 4.29. The van der Waals surface area contributed by atoms with Gasteiger partial charge in [-0.1, -0.05) is 6.07 Å². The van der Waals surface area contributed by atoms with Gasteiger partial charge < -0.3 is 15.5 Å². The third-order valence-electron chi connectivity index (χ3n) is 6.13. The van der Waals surface area contributed by atoms with Crippen LogP contribution in [0.15, 0.2) is 48.7 Å². The number of rotatable bonds is 8. The lowest BCUT2D eigenvalue weighted by molar-refractivity contribution is 0.0926. The van der Waals surface area contributed by atoms with E-state index in [9.17, 15) is 22.4 Å². The predicted octanol–water partition coefficient (Wildman–Crippen LogP) is 5.13. The molecule has 3 aromatic rings. The van der Waals surface area contributed by atoms with E-state index < -0.39 is 12.9 Å². The molecule has 4 rings (SSSR count). The number of alkyl halides is 4. The molecule has 1 fully saturated rings. The lowest BCUT2D eigenvalue weighted by atomic mass is 9.91. The average molecular weight is 478 g/mol. The second-order valence-corrected chi connectivity index (χ2v) is 8.59. The van der Waals surface area contributed by atoms with Crippen LogP contribution in [0.25, 0.3) is 5.65 Å². The van der Waals surface area contributed by atoms with E-state index in [1.807, 2.05) is 6.07 Å². The summed E-state index contributed by atoms with van der Waals surface area (Å²) in [5, 5.41) is 6.47. The van der Waals surface area contributed by atoms with Crippen molar-refractivity contribution in [2.45, 2.75) is 50.6 Å². The molecule has 0 saturated heterocycles. The predicted molar refractivity (Wildman–Crippen MR) is 123 cm³/mol. The molecule has 34 heavy (non-hydrogen) atoms. The van der Waals surface area contributed by atoms with E-state index in [1.54, 1.807) is 47.8 Å². The van der Waals surface area contributed by atoms with Gasteiger partial charge in [-0.05, 0) is 62.1 Å². The zero-order valence-corrected chi connectivity index (χ0v) is 18.7. The van der Waals surface area contributed by atoms with Crippen LogP contribution in [0.2, 0.25) is 0 Å². The standard InChI is InChI=1S/C24H27F4N5O/c1-32(14-20(25)26)18-11-5-15(6-12-18)24(34)30-17-9-7-16(8-10-17)29-21-3-2-4-22-31-19(23(27)28)13-33(21)22/h2-6,11-13,16-17,20,23,29H,7-10,14H2,1H3,(H,30,34). The smallest absolute Gasteiger partial charge is 0.281 e. The maximum absolute atomic E-state index is 13.0. The summed E-state index contributed by atoms with van der Waals surface area (Å²) < 4.78 is 52.7. The fourth-order valence-electron chi connectivity index (χ4n) is 4.29. The van der Waals surface area contributed by atoms with E-state index in [-0.39, 0.29) is 30.2 Å². The number of nitrogens with one attached hydrogen (secondary N) is 2. The van der Waals surface area contributed by atoms with Gasteiger partial charge in [-0.15, -0.1) is 0 Å². The molecular formula is C24H27F4N5O. The summed E-state index contributed by atoms with van der Waals surface area (Å²) in [6.45, 7) is -0.369. The Morgan fingerprint density at radius 3 is 2.38 bits per heavy atom. The Hall–Kier alpha value is -3.30. The largest absolute Gasteiger partial charge is 0.369 e. The highest BCUT2D eigenvalue weighted by Gasteiger charge is 2.24. The number of hydrogen-bond donors (Lipinski definition) is 2. The van der Waals surface area contributed by atoms with Gasteiger partial charge in [0, 0.05) is 36.6 Å². The van der Waals surface area contributed by atoms with Crippen LogP contribution in [0.4, 0.5) is 29.1 Å². The highest BCUT2D eigenvalue weighted by atomic mass is 19.3. The molecular weight excluding hydrogens is 450 g/mol. The highest BCUT2D eigenvalue weighted by molar-refractivity contribution is 5.94. The third kappa shape index (κ3) is 5.60. The number of pyridine rings is 1. The quantitative estimate of drug-likeness (QED) is 0.442. The summed E-state index contributed by atoms with van der Waals surface area (Å²) in [4.78, 5) is 18.0. The average Bonchev–Trinajstić information content (AvgIpc) is 3.26. The van der Waals surface area contributed by atoms with Crippen LogP contribution in [0, 0.1) is 0 Å². The van der Waals surface area contributed by atoms with E-state index in [2.05, 4.69) is 15.6 Å². The summed E-state index contributed by atoms with van der Waals surface area (Å²) in [6.07, 6.45) is -0.515. The number of imidazole rings is 1. The van der Waals surface area contributed by atoms with Gasteiger partial charge in [-0.3, -0.25) is 9.20 Å². The van der Waals surface area contributed by atoms with Crippen LogP contribution in [0.1, 0.15) is 48.2 Å². The highest BCUT2D eigenvalue weighted by Crippen LogP contribution is 2.25. The van der Waals surface area contributed by atoms with Gasteiger partial charge in [-0.2, -0.15) is 0 Å². The van der Waals surface area contributed by atoms with E-state index >= 15 is 0 Å². The first kappa shape index (κ1) is 23.8. The molecule has 0 radical (unpaired) electrons. The van der Waals surface area contributed by atoms with Gasteiger partial charge >= 0.3 is 0 Å². The molecule has 0 spiro atoms. The van der Waals surface area contributed by atoms with Gasteiger partial charge in [0.2, 0.25) is 0 Å². The van der Waals surface area contributed by atoms with Crippen molar-refractivity contribution in [2.75, 3.05) is 23.8 Å². The molecule has 0 atom stereocenters. The zero-order chi connectivity index (χ0) is 24.2. The maximum Gasteiger partial charge on any atom is 0.281 e. The van der Waals surface area contributed by atoms with Gasteiger partial charge in [-0.25, -0.2) is 22.5 Å². The molecule has 6 nitrogen and oxygen atoms in total. The second kappa shape index (κ2) is 10.3. The van der Waals surface area contributed by atoms with Crippen LogP contribution in [-0.4, -0.2) is 47.4 Å². The Kier molecular flexibility index (Phi) is 7.23.